The predicted octanol–water partition coefficient (Wildman–Crippen LogP) is 1.09. The Labute approximate surface area is 121 Å². The van der Waals surface area contributed by atoms with Crippen molar-refractivity contribution in [3.8, 4) is 0 Å². The summed E-state index contributed by atoms with van der Waals surface area (Å²) in [7, 11) is 0. The van der Waals surface area contributed by atoms with E-state index < -0.39 is 0 Å². The van der Waals surface area contributed by atoms with Gasteiger partial charge in [-0.3, -0.25) is 9.89 Å². The molecule has 1 fully saturated rings. The summed E-state index contributed by atoms with van der Waals surface area (Å²) in [6.45, 7) is 2.25. The minimum absolute atomic E-state index is 0.132. The number of hydrogen-bond donors (Lipinski definition) is 2. The number of benzene rings is 1. The van der Waals surface area contributed by atoms with E-state index in [1.165, 1.54) is 12.1 Å². The summed E-state index contributed by atoms with van der Waals surface area (Å²) in [4.78, 5) is 15.9. The number of hydrogen-bond acceptors (Lipinski definition) is 4. The number of para-hydroxylation sites is 1. The number of nitrogen functional groups attached to an aromatic ring is 1. The van der Waals surface area contributed by atoms with E-state index in [-0.39, 0.29) is 11.7 Å². The van der Waals surface area contributed by atoms with Crippen LogP contribution in [-0.2, 0) is 0 Å². The highest BCUT2D eigenvalue weighted by Crippen LogP contribution is 2.20. The smallest absolute Gasteiger partial charge is 0.272 e. The first-order valence-corrected chi connectivity index (χ1v) is 6.75. The van der Waals surface area contributed by atoms with Gasteiger partial charge in [0.2, 0.25) is 0 Å². The second-order valence-electron chi connectivity index (χ2n) is 4.94. The maximum atomic E-state index is 13.7. The lowest BCUT2D eigenvalue weighted by Crippen LogP contribution is -2.49. The molecule has 1 aromatic carbocycles. The van der Waals surface area contributed by atoms with Crippen molar-refractivity contribution in [3.63, 3.8) is 0 Å². The number of rotatable bonds is 2. The zero-order chi connectivity index (χ0) is 14.8. The molecule has 1 aromatic heterocycles. The lowest BCUT2D eigenvalue weighted by molar-refractivity contribution is 0.0740. The van der Waals surface area contributed by atoms with E-state index in [4.69, 9.17) is 5.73 Å². The Bertz CT molecular complexity index is 648. The topological polar surface area (TPSA) is 78.3 Å². The molecule has 0 radical (unpaired) electrons. The Morgan fingerprint density at radius 3 is 2.57 bits per heavy atom. The number of nitrogens with two attached hydrogens (primary N) is 1. The molecule has 0 atom stereocenters. The molecule has 0 bridgehead atoms. The fraction of sp³-hybridized carbons (Fsp3) is 0.286. The average Bonchev–Trinajstić information content (AvgIpc) is 2.94. The molecule has 1 aliphatic rings. The molecule has 0 saturated carbocycles. The van der Waals surface area contributed by atoms with Crippen LogP contribution >= 0.6 is 0 Å². The summed E-state index contributed by atoms with van der Waals surface area (Å²) >= 11 is 0. The van der Waals surface area contributed by atoms with Gasteiger partial charge in [0.25, 0.3) is 5.91 Å². The molecule has 7 heteroatoms. The average molecular weight is 289 g/mol. The molecule has 3 rings (SSSR count). The van der Waals surface area contributed by atoms with E-state index >= 15 is 0 Å². The molecule has 2 heterocycles. The van der Waals surface area contributed by atoms with Crippen molar-refractivity contribution < 1.29 is 9.18 Å². The second-order valence-corrected chi connectivity index (χ2v) is 4.94. The molecule has 6 nitrogen and oxygen atoms in total. The van der Waals surface area contributed by atoms with Crippen LogP contribution in [0.5, 0.6) is 0 Å². The Morgan fingerprint density at radius 2 is 1.95 bits per heavy atom. The van der Waals surface area contributed by atoms with Gasteiger partial charge in [0.05, 0.1) is 5.69 Å². The number of H-pyrrole nitrogens is 1. The number of carbonyl (C=O) groups is 1. The van der Waals surface area contributed by atoms with E-state index in [0.717, 1.165) is 0 Å². The molecule has 0 aliphatic carbocycles. The van der Waals surface area contributed by atoms with Gasteiger partial charge in [-0.2, -0.15) is 5.10 Å². The quantitative estimate of drug-likeness (QED) is 0.867. The standard InChI is InChI=1S/C14H16FN5O/c15-10-3-1-2-4-12(10)19-5-7-20(8-6-19)14(21)11-9-13(16)18-17-11/h1-4,9H,5-8H2,(H3,16,17,18). The van der Waals surface area contributed by atoms with Crippen LogP contribution in [0.15, 0.2) is 30.3 Å². The minimum atomic E-state index is -0.237. The number of nitrogens with one attached hydrogen (secondary N) is 1. The third kappa shape index (κ3) is 2.67. The first-order valence-electron chi connectivity index (χ1n) is 6.75. The molecule has 0 unspecified atom stereocenters. The highest BCUT2D eigenvalue weighted by atomic mass is 19.1. The van der Waals surface area contributed by atoms with Gasteiger partial charge in [-0.15, -0.1) is 0 Å². The third-order valence-corrected chi connectivity index (χ3v) is 3.59. The third-order valence-electron chi connectivity index (χ3n) is 3.59. The molecule has 1 amide bonds. The van der Waals surface area contributed by atoms with E-state index in [0.29, 0.717) is 43.4 Å². The first kappa shape index (κ1) is 13.4. The van der Waals surface area contributed by atoms with Crippen LogP contribution < -0.4 is 10.6 Å². The number of carbonyl (C=O) groups excluding carboxylic acids is 1. The van der Waals surface area contributed by atoms with E-state index in [1.807, 2.05) is 11.0 Å². The van der Waals surface area contributed by atoms with Crippen molar-refractivity contribution in [2.24, 2.45) is 0 Å². The van der Waals surface area contributed by atoms with Gasteiger partial charge in [-0.25, -0.2) is 4.39 Å². The minimum Gasteiger partial charge on any atom is -0.382 e. The van der Waals surface area contributed by atoms with Crippen LogP contribution in [0.25, 0.3) is 0 Å². The summed E-state index contributed by atoms with van der Waals surface area (Å²) in [5, 5.41) is 6.37. The fourth-order valence-corrected chi connectivity index (χ4v) is 2.48. The van der Waals surface area contributed by atoms with Crippen LogP contribution in [0, 0.1) is 5.82 Å². The highest BCUT2D eigenvalue weighted by Gasteiger charge is 2.24. The van der Waals surface area contributed by atoms with Gasteiger partial charge in [-0.05, 0) is 12.1 Å². The summed E-state index contributed by atoms with van der Waals surface area (Å²) in [5.41, 5.74) is 6.46. The Hall–Kier alpha value is -2.57. The number of aromatic nitrogens is 2. The molecule has 21 heavy (non-hydrogen) atoms. The van der Waals surface area contributed by atoms with E-state index in [1.54, 1.807) is 17.0 Å². The lowest BCUT2D eigenvalue weighted by Gasteiger charge is -2.36. The van der Waals surface area contributed by atoms with E-state index in [9.17, 15) is 9.18 Å². The van der Waals surface area contributed by atoms with Gasteiger partial charge in [0.1, 0.15) is 17.3 Å². The number of aromatic amines is 1. The number of piperazine rings is 1. The van der Waals surface area contributed by atoms with Crippen LogP contribution in [-0.4, -0.2) is 47.2 Å². The molecule has 0 spiro atoms. The summed E-state index contributed by atoms with van der Waals surface area (Å²) in [5.74, 6) is -0.0747. The van der Waals surface area contributed by atoms with Crippen molar-refractivity contribution in [3.05, 3.63) is 41.8 Å². The van der Waals surface area contributed by atoms with Crippen LogP contribution in [0.2, 0.25) is 0 Å². The molecular formula is C14H16FN5O. The van der Waals surface area contributed by atoms with Gasteiger partial charge >= 0.3 is 0 Å². The Kier molecular flexibility index (Phi) is 3.47. The van der Waals surface area contributed by atoms with Gasteiger partial charge < -0.3 is 15.5 Å². The summed E-state index contributed by atoms with van der Waals surface area (Å²) in [6.07, 6.45) is 0. The number of halogens is 1. The monoisotopic (exact) mass is 289 g/mol. The highest BCUT2D eigenvalue weighted by molar-refractivity contribution is 5.93. The zero-order valence-electron chi connectivity index (χ0n) is 11.4. The molecule has 1 saturated heterocycles. The van der Waals surface area contributed by atoms with Crippen molar-refractivity contribution in [2.45, 2.75) is 0 Å². The molecule has 2 aromatic rings. The zero-order valence-corrected chi connectivity index (χ0v) is 11.4. The fourth-order valence-electron chi connectivity index (χ4n) is 2.48. The number of nitrogens with zero attached hydrogens (tertiary/aromatic N) is 3. The normalized spacial score (nSPS) is 15.3. The molecular weight excluding hydrogens is 273 g/mol. The maximum Gasteiger partial charge on any atom is 0.272 e. The van der Waals surface area contributed by atoms with E-state index in [2.05, 4.69) is 10.2 Å². The van der Waals surface area contributed by atoms with Crippen LogP contribution in [0.3, 0.4) is 0 Å². The first-order chi connectivity index (χ1) is 10.1. The lowest BCUT2D eigenvalue weighted by atomic mass is 10.2. The van der Waals surface area contributed by atoms with Crippen molar-refractivity contribution in [2.75, 3.05) is 36.8 Å². The molecule has 1 aliphatic heterocycles. The van der Waals surface area contributed by atoms with Crippen molar-refractivity contribution in [1.82, 2.24) is 15.1 Å². The molecule has 110 valence electrons. The van der Waals surface area contributed by atoms with Gasteiger partial charge in [0, 0.05) is 32.2 Å². The SMILES string of the molecule is Nc1cc(C(=O)N2CCN(c3ccccc3F)CC2)[nH]n1. The van der Waals surface area contributed by atoms with Crippen LogP contribution in [0.4, 0.5) is 15.9 Å². The predicted molar refractivity (Wildman–Crippen MR) is 77.5 cm³/mol. The number of anilines is 2. The Morgan fingerprint density at radius 1 is 1.24 bits per heavy atom. The summed E-state index contributed by atoms with van der Waals surface area (Å²) in [6, 6.07) is 8.19. The van der Waals surface area contributed by atoms with Crippen LogP contribution in [0.1, 0.15) is 10.5 Å². The largest absolute Gasteiger partial charge is 0.382 e. The summed E-state index contributed by atoms with van der Waals surface area (Å²) < 4.78 is 13.7. The van der Waals surface area contributed by atoms with Crippen molar-refractivity contribution in [1.29, 1.82) is 0 Å². The maximum absolute atomic E-state index is 13.7. The molecule has 3 N–H and O–H groups in total. The Balaban J connectivity index is 1.65. The number of amides is 1. The van der Waals surface area contributed by atoms with Crippen molar-refractivity contribution >= 4 is 17.4 Å². The second kappa shape index (κ2) is 5.43. The van der Waals surface area contributed by atoms with Gasteiger partial charge in [-0.1, -0.05) is 12.1 Å². The van der Waals surface area contributed by atoms with Gasteiger partial charge in [0.15, 0.2) is 0 Å².